The molecule has 164 valence electrons. The quantitative estimate of drug-likeness (QED) is 0.722. The van der Waals surface area contributed by atoms with Crippen molar-refractivity contribution in [2.24, 2.45) is 5.92 Å². The highest BCUT2D eigenvalue weighted by Gasteiger charge is 2.31. The van der Waals surface area contributed by atoms with Crippen LogP contribution in [-0.4, -0.2) is 46.4 Å². The zero-order chi connectivity index (χ0) is 21.7. The molecule has 0 spiro atoms. The van der Waals surface area contributed by atoms with Crippen LogP contribution in [0.15, 0.2) is 36.7 Å². The number of alkyl halides is 3. The van der Waals surface area contributed by atoms with Crippen LogP contribution in [0, 0.1) is 5.92 Å². The lowest BCUT2D eigenvalue weighted by Gasteiger charge is -2.32. The van der Waals surface area contributed by atoms with Gasteiger partial charge in [-0.3, -0.25) is 9.69 Å². The normalized spacial score (nSPS) is 16.1. The summed E-state index contributed by atoms with van der Waals surface area (Å²) in [6.07, 6.45) is 1.15. The highest BCUT2D eigenvalue weighted by Crippen LogP contribution is 2.24. The Morgan fingerprint density at radius 1 is 1.23 bits per heavy atom. The number of nitrogens with one attached hydrogen (secondary N) is 1. The smallest absolute Gasteiger partial charge is 0.406 e. The second kappa shape index (κ2) is 9.51. The molecule has 1 aromatic heterocycles. The Kier molecular flexibility index (Phi) is 7.02. The van der Waals surface area contributed by atoms with E-state index in [0.29, 0.717) is 17.5 Å². The van der Waals surface area contributed by atoms with Gasteiger partial charge in [0.15, 0.2) is 0 Å². The fraction of sp³-hybridized carbons (Fsp3) is 0.524. The number of anilines is 1. The van der Waals surface area contributed by atoms with Crippen LogP contribution in [0.25, 0.3) is 0 Å². The summed E-state index contributed by atoms with van der Waals surface area (Å²) in [5, 5.41) is 2.72. The topological polar surface area (TPSA) is 59.4 Å². The summed E-state index contributed by atoms with van der Waals surface area (Å²) in [4.78, 5) is 18.8. The third kappa shape index (κ3) is 6.48. The van der Waals surface area contributed by atoms with Crippen molar-refractivity contribution in [2.75, 3.05) is 25.0 Å². The Labute approximate surface area is 174 Å². The Morgan fingerprint density at radius 3 is 2.50 bits per heavy atom. The number of rotatable bonds is 7. The van der Waals surface area contributed by atoms with Crippen molar-refractivity contribution in [1.82, 2.24) is 14.5 Å². The van der Waals surface area contributed by atoms with E-state index in [0.717, 1.165) is 38.3 Å². The molecule has 0 saturated carbocycles. The van der Waals surface area contributed by atoms with Crippen LogP contribution < -0.4 is 10.1 Å². The van der Waals surface area contributed by atoms with Gasteiger partial charge in [0.2, 0.25) is 5.91 Å². The Balaban J connectivity index is 1.42. The summed E-state index contributed by atoms with van der Waals surface area (Å²) >= 11 is 0. The molecule has 0 radical (unpaired) electrons. The number of likely N-dealkylation sites (tertiary alicyclic amines) is 1. The number of hydrogen-bond donors (Lipinski definition) is 1. The molecule has 1 saturated heterocycles. The first-order chi connectivity index (χ1) is 14.2. The highest BCUT2D eigenvalue weighted by atomic mass is 19.4. The lowest BCUT2D eigenvalue weighted by molar-refractivity contribution is -0.274. The molecule has 0 aliphatic carbocycles. The molecule has 0 unspecified atom stereocenters. The lowest BCUT2D eigenvalue weighted by atomic mass is 9.96. The molecule has 9 heteroatoms. The van der Waals surface area contributed by atoms with Crippen molar-refractivity contribution >= 4 is 11.6 Å². The van der Waals surface area contributed by atoms with Gasteiger partial charge in [0, 0.05) is 30.5 Å². The number of aromatic nitrogens is 2. The molecule has 1 N–H and O–H groups in total. The first-order valence-electron chi connectivity index (χ1n) is 10.1. The molecule has 1 aromatic carbocycles. The van der Waals surface area contributed by atoms with Crippen molar-refractivity contribution in [3.63, 3.8) is 0 Å². The predicted octanol–water partition coefficient (Wildman–Crippen LogP) is 4.26. The van der Waals surface area contributed by atoms with Gasteiger partial charge in [0.1, 0.15) is 11.6 Å². The monoisotopic (exact) mass is 424 g/mol. The van der Waals surface area contributed by atoms with E-state index in [-0.39, 0.29) is 18.2 Å². The molecule has 2 aromatic rings. The maximum absolute atomic E-state index is 12.3. The summed E-state index contributed by atoms with van der Waals surface area (Å²) in [6, 6.07) is 5.14. The van der Waals surface area contributed by atoms with Crippen LogP contribution >= 0.6 is 0 Å². The van der Waals surface area contributed by atoms with Crippen LogP contribution in [-0.2, 0) is 11.3 Å². The molecule has 3 rings (SSSR count). The van der Waals surface area contributed by atoms with Gasteiger partial charge in [-0.25, -0.2) is 4.98 Å². The minimum absolute atomic E-state index is 0.186. The van der Waals surface area contributed by atoms with Crippen molar-refractivity contribution in [2.45, 2.75) is 45.5 Å². The van der Waals surface area contributed by atoms with Gasteiger partial charge in [0.05, 0.1) is 6.54 Å². The van der Waals surface area contributed by atoms with E-state index in [1.165, 1.54) is 24.3 Å². The van der Waals surface area contributed by atoms with Crippen LogP contribution in [0.1, 0.15) is 38.4 Å². The summed E-state index contributed by atoms with van der Waals surface area (Å²) in [5.41, 5.74) is 0.436. The standard InChI is InChI=1S/C21H27F3N4O2/c1-15(2)20-25-9-12-28(20)13-16-7-10-27(11-8-16)14-19(29)26-17-3-5-18(6-4-17)30-21(22,23)24/h3-6,9,12,15-16H,7-8,10-11,13-14H2,1-2H3,(H,26,29). The highest BCUT2D eigenvalue weighted by molar-refractivity contribution is 5.92. The van der Waals surface area contributed by atoms with E-state index in [1.807, 2.05) is 12.4 Å². The first-order valence-corrected chi connectivity index (χ1v) is 10.1. The summed E-state index contributed by atoms with van der Waals surface area (Å²) in [6.45, 7) is 7.15. The third-order valence-electron chi connectivity index (χ3n) is 5.16. The van der Waals surface area contributed by atoms with Gasteiger partial charge in [0.25, 0.3) is 0 Å². The van der Waals surface area contributed by atoms with Gasteiger partial charge in [-0.2, -0.15) is 0 Å². The van der Waals surface area contributed by atoms with E-state index in [9.17, 15) is 18.0 Å². The van der Waals surface area contributed by atoms with E-state index >= 15 is 0 Å². The zero-order valence-electron chi connectivity index (χ0n) is 17.2. The number of nitrogens with zero attached hydrogens (tertiary/aromatic N) is 3. The lowest BCUT2D eigenvalue weighted by Crippen LogP contribution is -2.40. The summed E-state index contributed by atoms with van der Waals surface area (Å²) in [5.74, 6) is 1.54. The molecule has 0 atom stereocenters. The minimum atomic E-state index is -4.73. The number of carbonyl (C=O) groups excluding carboxylic acids is 1. The van der Waals surface area contributed by atoms with E-state index in [1.54, 1.807) is 0 Å². The molecule has 6 nitrogen and oxygen atoms in total. The molecular formula is C21H27F3N4O2. The average Bonchev–Trinajstić information content (AvgIpc) is 3.12. The van der Waals surface area contributed by atoms with Crippen molar-refractivity contribution in [3.05, 3.63) is 42.5 Å². The Hall–Kier alpha value is -2.55. The van der Waals surface area contributed by atoms with Crippen molar-refractivity contribution in [1.29, 1.82) is 0 Å². The molecule has 0 bridgehead atoms. The number of benzene rings is 1. The number of ether oxygens (including phenoxy) is 1. The van der Waals surface area contributed by atoms with Gasteiger partial charge in [-0.05, 0) is 56.1 Å². The van der Waals surface area contributed by atoms with Crippen LogP contribution in [0.5, 0.6) is 5.75 Å². The molecule has 30 heavy (non-hydrogen) atoms. The maximum Gasteiger partial charge on any atom is 0.573 e. The average molecular weight is 424 g/mol. The van der Waals surface area contributed by atoms with Crippen LogP contribution in [0.2, 0.25) is 0 Å². The van der Waals surface area contributed by atoms with Gasteiger partial charge < -0.3 is 14.6 Å². The number of halogens is 3. The van der Waals surface area contributed by atoms with Gasteiger partial charge in [-0.15, -0.1) is 13.2 Å². The first kappa shape index (κ1) is 22.1. The van der Waals surface area contributed by atoms with Crippen LogP contribution in [0.4, 0.5) is 18.9 Å². The number of hydrogen-bond acceptors (Lipinski definition) is 4. The summed E-state index contributed by atoms with van der Waals surface area (Å²) < 4.78 is 42.6. The molecule has 1 aliphatic heterocycles. The number of amides is 1. The van der Waals surface area contributed by atoms with Gasteiger partial charge in [-0.1, -0.05) is 13.8 Å². The number of carbonyl (C=O) groups is 1. The minimum Gasteiger partial charge on any atom is -0.406 e. The maximum atomic E-state index is 12.3. The SMILES string of the molecule is CC(C)c1nccn1CC1CCN(CC(=O)Nc2ccc(OC(F)(F)F)cc2)CC1. The number of piperidine rings is 1. The van der Waals surface area contributed by atoms with Crippen molar-refractivity contribution in [3.8, 4) is 5.75 Å². The largest absolute Gasteiger partial charge is 0.573 e. The second-order valence-corrected chi connectivity index (χ2v) is 7.93. The third-order valence-corrected chi connectivity index (χ3v) is 5.16. The molecule has 1 aliphatic rings. The zero-order valence-corrected chi connectivity index (χ0v) is 17.2. The van der Waals surface area contributed by atoms with E-state index in [4.69, 9.17) is 0 Å². The number of imidazole rings is 1. The summed E-state index contributed by atoms with van der Waals surface area (Å²) in [7, 11) is 0. The molecule has 1 amide bonds. The Morgan fingerprint density at radius 2 is 1.90 bits per heavy atom. The van der Waals surface area contributed by atoms with Gasteiger partial charge >= 0.3 is 6.36 Å². The van der Waals surface area contributed by atoms with Crippen LogP contribution in [0.3, 0.4) is 0 Å². The molecule has 1 fully saturated rings. The fourth-order valence-corrected chi connectivity index (χ4v) is 3.72. The van der Waals surface area contributed by atoms with E-state index in [2.05, 4.69) is 38.4 Å². The van der Waals surface area contributed by atoms with Crippen molar-refractivity contribution < 1.29 is 22.7 Å². The predicted molar refractivity (Wildman–Crippen MR) is 107 cm³/mol. The molecular weight excluding hydrogens is 397 g/mol. The Bertz CT molecular complexity index is 826. The van der Waals surface area contributed by atoms with E-state index < -0.39 is 6.36 Å². The fourth-order valence-electron chi connectivity index (χ4n) is 3.72. The molecule has 2 heterocycles. The second-order valence-electron chi connectivity index (χ2n) is 7.93.